The molecule has 0 aromatic heterocycles. The van der Waals surface area contributed by atoms with Crippen LogP contribution in [0.2, 0.25) is 10.0 Å². The lowest BCUT2D eigenvalue weighted by Gasteiger charge is -2.10. The van der Waals surface area contributed by atoms with E-state index in [2.05, 4.69) is 5.32 Å². The molecule has 0 bridgehead atoms. The minimum atomic E-state index is -4.37. The van der Waals surface area contributed by atoms with Gasteiger partial charge in [0.15, 0.2) is 0 Å². The maximum atomic E-state index is 13.5. The summed E-state index contributed by atoms with van der Waals surface area (Å²) in [5.74, 6) is -1.82. The molecule has 1 amide bonds. The Kier molecular flexibility index (Phi) is 4.83. The van der Waals surface area contributed by atoms with Crippen molar-refractivity contribution in [3.8, 4) is 0 Å². The van der Waals surface area contributed by atoms with Crippen LogP contribution >= 0.6 is 33.9 Å². The van der Waals surface area contributed by atoms with Crippen molar-refractivity contribution in [1.29, 1.82) is 0 Å². The van der Waals surface area contributed by atoms with Gasteiger partial charge in [0.05, 0.1) is 15.6 Å². The number of benzene rings is 1. The minimum absolute atomic E-state index is 0.266. The summed E-state index contributed by atoms with van der Waals surface area (Å²) in [6, 6.07) is 0.751. The van der Waals surface area contributed by atoms with Crippen molar-refractivity contribution in [3.63, 3.8) is 0 Å². The van der Waals surface area contributed by atoms with Crippen molar-refractivity contribution in [2.45, 2.75) is 11.8 Å². The lowest BCUT2D eigenvalue weighted by atomic mass is 10.2. The number of carbonyl (C=O) groups excluding carboxylic acids is 1. The third-order valence-electron chi connectivity index (χ3n) is 1.94. The van der Waals surface area contributed by atoms with E-state index in [0.717, 1.165) is 6.07 Å². The highest BCUT2D eigenvalue weighted by atomic mass is 35.7. The van der Waals surface area contributed by atoms with Gasteiger partial charge in [-0.1, -0.05) is 23.2 Å². The van der Waals surface area contributed by atoms with Gasteiger partial charge in [0.2, 0.25) is 0 Å². The van der Waals surface area contributed by atoms with Gasteiger partial charge in [-0.05, 0) is 13.0 Å². The number of rotatable bonds is 3. The molecule has 0 saturated heterocycles. The van der Waals surface area contributed by atoms with E-state index in [9.17, 15) is 17.6 Å². The highest BCUT2D eigenvalue weighted by Gasteiger charge is 2.27. The van der Waals surface area contributed by atoms with Crippen LogP contribution in [0.5, 0.6) is 0 Å². The minimum Gasteiger partial charge on any atom is -0.352 e. The molecule has 0 spiro atoms. The Morgan fingerprint density at radius 1 is 1.39 bits per heavy atom. The zero-order valence-electron chi connectivity index (χ0n) is 8.93. The van der Waals surface area contributed by atoms with Crippen LogP contribution in [0.1, 0.15) is 17.3 Å². The van der Waals surface area contributed by atoms with E-state index >= 15 is 0 Å². The van der Waals surface area contributed by atoms with E-state index in [4.69, 9.17) is 33.9 Å². The smallest absolute Gasteiger partial charge is 0.264 e. The van der Waals surface area contributed by atoms with E-state index in [1.807, 2.05) is 0 Å². The quantitative estimate of drug-likeness (QED) is 0.683. The van der Waals surface area contributed by atoms with Crippen molar-refractivity contribution in [3.05, 3.63) is 27.5 Å². The first-order valence-corrected chi connectivity index (χ1v) is 7.67. The molecule has 0 unspecified atom stereocenters. The SMILES string of the molecule is CCNC(=O)c1cc(F)c(Cl)c(S(=O)(=O)Cl)c1Cl. The van der Waals surface area contributed by atoms with Crippen LogP contribution in [-0.2, 0) is 9.05 Å². The molecule has 0 aliphatic carbocycles. The average molecular weight is 335 g/mol. The van der Waals surface area contributed by atoms with Crippen LogP contribution in [0.3, 0.4) is 0 Å². The number of carbonyl (C=O) groups is 1. The Morgan fingerprint density at radius 3 is 2.39 bits per heavy atom. The molecule has 1 N–H and O–H groups in total. The summed E-state index contributed by atoms with van der Waals surface area (Å²) in [4.78, 5) is 10.8. The molecule has 9 heteroatoms. The summed E-state index contributed by atoms with van der Waals surface area (Å²) in [6.07, 6.45) is 0. The number of hydrogen-bond donors (Lipinski definition) is 1. The van der Waals surface area contributed by atoms with Crippen molar-refractivity contribution in [1.82, 2.24) is 5.32 Å². The number of hydrogen-bond acceptors (Lipinski definition) is 3. The van der Waals surface area contributed by atoms with Gasteiger partial charge in [-0.3, -0.25) is 4.79 Å². The summed E-state index contributed by atoms with van der Waals surface area (Å²) in [5, 5.41) is 1.10. The normalized spacial score (nSPS) is 11.4. The van der Waals surface area contributed by atoms with Gasteiger partial charge >= 0.3 is 0 Å². The van der Waals surface area contributed by atoms with Gasteiger partial charge in [0, 0.05) is 17.2 Å². The Hall–Kier alpha value is -0.560. The second kappa shape index (κ2) is 5.61. The highest BCUT2D eigenvalue weighted by Crippen LogP contribution is 2.36. The predicted molar refractivity (Wildman–Crippen MR) is 67.5 cm³/mol. The first-order chi connectivity index (χ1) is 8.20. The molecule has 1 rings (SSSR count). The fourth-order valence-electron chi connectivity index (χ4n) is 1.22. The van der Waals surface area contributed by atoms with Crippen LogP contribution in [0, 0.1) is 5.82 Å². The Bertz CT molecular complexity index is 604. The monoisotopic (exact) mass is 333 g/mol. The van der Waals surface area contributed by atoms with Crippen molar-refractivity contribution >= 4 is 48.8 Å². The summed E-state index contributed by atoms with van der Waals surface area (Å²) in [6.45, 7) is 1.90. The molecular formula is C9H7Cl3FNO3S. The zero-order chi connectivity index (χ0) is 14.1. The van der Waals surface area contributed by atoms with E-state index < -0.39 is 35.7 Å². The summed E-state index contributed by atoms with van der Waals surface area (Å²) < 4.78 is 36.0. The second-order valence-electron chi connectivity index (χ2n) is 3.16. The first kappa shape index (κ1) is 15.5. The molecule has 0 fully saturated rings. The van der Waals surface area contributed by atoms with Gasteiger partial charge in [0.1, 0.15) is 10.7 Å². The van der Waals surface area contributed by atoms with Gasteiger partial charge in [-0.15, -0.1) is 0 Å². The standard InChI is InChI=1S/C9H7Cl3FNO3S/c1-2-14-9(15)4-3-5(13)7(11)8(6(4)10)18(12,16)17/h3H,2H2,1H3,(H,14,15). The predicted octanol–water partition coefficient (Wildman–Crippen LogP) is 2.81. The average Bonchev–Trinajstić information content (AvgIpc) is 2.22. The van der Waals surface area contributed by atoms with Crippen molar-refractivity contribution < 1.29 is 17.6 Å². The second-order valence-corrected chi connectivity index (χ2v) is 6.42. The Labute approximate surface area is 117 Å². The van der Waals surface area contributed by atoms with Gasteiger partial charge in [0.25, 0.3) is 15.0 Å². The molecule has 0 atom stereocenters. The highest BCUT2D eigenvalue weighted by molar-refractivity contribution is 8.14. The van der Waals surface area contributed by atoms with Gasteiger partial charge in [-0.2, -0.15) is 0 Å². The molecule has 18 heavy (non-hydrogen) atoms. The molecule has 100 valence electrons. The zero-order valence-corrected chi connectivity index (χ0v) is 12.0. The molecule has 0 aliphatic heterocycles. The lowest BCUT2D eigenvalue weighted by Crippen LogP contribution is -2.23. The largest absolute Gasteiger partial charge is 0.352 e. The van der Waals surface area contributed by atoms with Crippen molar-refractivity contribution in [2.75, 3.05) is 6.54 Å². The first-order valence-electron chi connectivity index (χ1n) is 4.60. The van der Waals surface area contributed by atoms with E-state index in [0.29, 0.717) is 0 Å². The Balaban J connectivity index is 3.60. The topological polar surface area (TPSA) is 63.2 Å². The molecule has 0 radical (unpaired) electrons. The van der Waals surface area contributed by atoms with E-state index in [-0.39, 0.29) is 12.1 Å². The van der Waals surface area contributed by atoms with Crippen LogP contribution in [0.15, 0.2) is 11.0 Å². The maximum Gasteiger partial charge on any atom is 0.264 e. The maximum absolute atomic E-state index is 13.5. The third-order valence-corrected chi connectivity index (χ3v) is 4.29. The van der Waals surface area contributed by atoms with Gasteiger partial charge in [-0.25, -0.2) is 12.8 Å². The molecule has 0 aliphatic rings. The van der Waals surface area contributed by atoms with Crippen molar-refractivity contribution in [2.24, 2.45) is 0 Å². The molecule has 1 aromatic carbocycles. The van der Waals surface area contributed by atoms with Crippen LogP contribution in [0.4, 0.5) is 4.39 Å². The molecular weight excluding hydrogens is 328 g/mol. The Morgan fingerprint density at radius 2 is 1.94 bits per heavy atom. The molecule has 0 saturated carbocycles. The number of nitrogens with one attached hydrogen (secondary N) is 1. The van der Waals surface area contributed by atoms with E-state index in [1.165, 1.54) is 0 Å². The third kappa shape index (κ3) is 3.06. The fraction of sp³-hybridized carbons (Fsp3) is 0.222. The van der Waals surface area contributed by atoms with Crippen LogP contribution in [0.25, 0.3) is 0 Å². The lowest BCUT2D eigenvalue weighted by molar-refractivity contribution is 0.0955. The van der Waals surface area contributed by atoms with Gasteiger partial charge < -0.3 is 5.32 Å². The van der Waals surface area contributed by atoms with Crippen LogP contribution < -0.4 is 5.32 Å². The summed E-state index contributed by atoms with van der Waals surface area (Å²) in [7, 11) is 0.730. The van der Waals surface area contributed by atoms with E-state index in [1.54, 1.807) is 6.92 Å². The summed E-state index contributed by atoms with van der Waals surface area (Å²) in [5.41, 5.74) is -0.348. The molecule has 0 heterocycles. The fourth-order valence-corrected chi connectivity index (χ4v) is 3.59. The number of amides is 1. The number of halogens is 4. The van der Waals surface area contributed by atoms with Crippen LogP contribution in [-0.4, -0.2) is 20.9 Å². The molecule has 1 aromatic rings. The molecule has 4 nitrogen and oxygen atoms in total. The summed E-state index contributed by atoms with van der Waals surface area (Å²) >= 11 is 11.2.